The van der Waals surface area contributed by atoms with Gasteiger partial charge >= 0.3 is 0 Å². The van der Waals surface area contributed by atoms with E-state index in [4.69, 9.17) is 0 Å². The van der Waals surface area contributed by atoms with Crippen LogP contribution in [0.15, 0.2) is 60.7 Å². The Labute approximate surface area is 195 Å². The van der Waals surface area contributed by atoms with Crippen LogP contribution in [0.25, 0.3) is 22.8 Å². The van der Waals surface area contributed by atoms with E-state index in [1.807, 2.05) is 0 Å². The van der Waals surface area contributed by atoms with Crippen LogP contribution >= 0.6 is 0 Å². The van der Waals surface area contributed by atoms with Crippen LogP contribution in [-0.2, 0) is 23.7 Å². The first-order chi connectivity index (χ1) is 15.1. The Kier molecular flexibility index (Phi) is 5.93. The van der Waals surface area contributed by atoms with Crippen LogP contribution < -0.4 is 0 Å². The van der Waals surface area contributed by atoms with E-state index >= 15 is 0 Å². The van der Waals surface area contributed by atoms with E-state index < -0.39 is 0 Å². The number of hydrogen-bond acceptors (Lipinski definition) is 0. The minimum absolute atomic E-state index is 0.115. The minimum atomic E-state index is 0.115. The smallest absolute Gasteiger partial charge is 0.00134 e. The molecular weight excluding hydrogens is 384 g/mol. The van der Waals surface area contributed by atoms with Crippen molar-refractivity contribution in [3.05, 3.63) is 94.0 Å². The second-order valence-corrected chi connectivity index (χ2v) is 11.4. The maximum Gasteiger partial charge on any atom is -0.00134 e. The van der Waals surface area contributed by atoms with Gasteiger partial charge in [0.1, 0.15) is 0 Å². The van der Waals surface area contributed by atoms with E-state index in [0.717, 1.165) is 19.3 Å². The van der Waals surface area contributed by atoms with Crippen LogP contribution in [0.5, 0.6) is 0 Å². The van der Waals surface area contributed by atoms with E-state index in [9.17, 15) is 0 Å². The fourth-order valence-corrected chi connectivity index (χ4v) is 4.75. The van der Waals surface area contributed by atoms with Gasteiger partial charge in [-0.3, -0.25) is 0 Å². The van der Waals surface area contributed by atoms with Gasteiger partial charge < -0.3 is 0 Å². The van der Waals surface area contributed by atoms with E-state index in [0.29, 0.717) is 0 Å². The lowest BCUT2D eigenvalue weighted by atomic mass is 9.78. The molecule has 0 radical (unpaired) electrons. The van der Waals surface area contributed by atoms with Crippen LogP contribution in [0.4, 0.5) is 0 Å². The molecule has 0 heteroatoms. The van der Waals surface area contributed by atoms with Crippen molar-refractivity contribution in [3.63, 3.8) is 0 Å². The van der Waals surface area contributed by atoms with Gasteiger partial charge in [0.15, 0.2) is 0 Å². The molecule has 3 aromatic rings. The Morgan fingerprint density at radius 1 is 0.719 bits per heavy atom. The summed E-state index contributed by atoms with van der Waals surface area (Å²) in [5.41, 5.74) is 13.0. The maximum absolute atomic E-state index is 2.46. The lowest BCUT2D eigenvalue weighted by molar-refractivity contribution is 0.569. The molecule has 32 heavy (non-hydrogen) atoms. The third-order valence-corrected chi connectivity index (χ3v) is 6.74. The molecule has 0 bridgehead atoms. The second kappa shape index (κ2) is 8.39. The first-order valence-electron chi connectivity index (χ1n) is 12.1. The van der Waals surface area contributed by atoms with Crippen molar-refractivity contribution in [3.8, 4) is 11.1 Å². The summed E-state index contributed by atoms with van der Waals surface area (Å²) in [5, 5.41) is 0. The molecule has 3 aromatic carbocycles. The van der Waals surface area contributed by atoms with Gasteiger partial charge in [0.25, 0.3) is 0 Å². The van der Waals surface area contributed by atoms with Gasteiger partial charge in [-0.2, -0.15) is 0 Å². The average Bonchev–Trinajstić information content (AvgIpc) is 3.17. The predicted octanol–water partition coefficient (Wildman–Crippen LogP) is 9.00. The summed E-state index contributed by atoms with van der Waals surface area (Å²) in [5.74, 6) is 0. The molecule has 0 aliphatic heterocycles. The van der Waals surface area contributed by atoms with Crippen molar-refractivity contribution >= 4 is 11.6 Å². The van der Waals surface area contributed by atoms with E-state index in [1.54, 1.807) is 0 Å². The van der Waals surface area contributed by atoms with Crippen molar-refractivity contribution in [1.29, 1.82) is 0 Å². The van der Waals surface area contributed by atoms with Crippen LogP contribution in [0.2, 0.25) is 0 Å². The molecule has 0 amide bonds. The number of hydrogen-bond donors (Lipinski definition) is 0. The molecule has 1 aliphatic rings. The van der Waals surface area contributed by atoms with Gasteiger partial charge in [-0.15, -0.1) is 0 Å². The monoisotopic (exact) mass is 422 g/mol. The van der Waals surface area contributed by atoms with Gasteiger partial charge in [-0.05, 0) is 79.8 Å². The van der Waals surface area contributed by atoms with Gasteiger partial charge in [0, 0.05) is 0 Å². The van der Waals surface area contributed by atoms with Crippen LogP contribution in [0.3, 0.4) is 0 Å². The molecule has 0 saturated heterocycles. The summed E-state index contributed by atoms with van der Waals surface area (Å²) in [6.45, 7) is 16.3. The molecular formula is C32H38. The molecule has 0 unspecified atom stereocenters. The summed E-state index contributed by atoms with van der Waals surface area (Å²) in [7, 11) is 0. The number of allylic oxidation sites excluding steroid dienone is 1. The number of benzene rings is 3. The van der Waals surface area contributed by atoms with E-state index in [2.05, 4.69) is 115 Å². The summed E-state index contributed by atoms with van der Waals surface area (Å²) >= 11 is 0. The van der Waals surface area contributed by atoms with Crippen molar-refractivity contribution in [2.75, 3.05) is 0 Å². The predicted molar refractivity (Wildman–Crippen MR) is 141 cm³/mol. The molecule has 0 atom stereocenters. The zero-order valence-corrected chi connectivity index (χ0v) is 21.0. The molecule has 0 heterocycles. The largest absolute Gasteiger partial charge is 0.0651 e. The lowest BCUT2D eigenvalue weighted by Gasteiger charge is -2.27. The van der Waals surface area contributed by atoms with E-state index in [-0.39, 0.29) is 10.8 Å². The van der Waals surface area contributed by atoms with Gasteiger partial charge in [0.2, 0.25) is 0 Å². The Balaban J connectivity index is 1.97. The summed E-state index contributed by atoms with van der Waals surface area (Å²) in [6.07, 6.45) is 5.75. The highest BCUT2D eigenvalue weighted by Crippen LogP contribution is 2.42. The quantitative estimate of drug-likeness (QED) is 0.393. The van der Waals surface area contributed by atoms with Crippen LogP contribution in [-0.4, -0.2) is 0 Å². The molecule has 0 fully saturated rings. The molecule has 4 rings (SSSR count). The SMILES string of the molecule is CCCc1ccc2c(c1-c1cc(C(C)(C)C)cc(C(C)(C)C)c1)C=C(c1ccccc1)C2. The second-order valence-electron chi connectivity index (χ2n) is 11.4. The van der Waals surface area contributed by atoms with Crippen molar-refractivity contribution in [1.82, 2.24) is 0 Å². The molecule has 0 N–H and O–H groups in total. The average molecular weight is 423 g/mol. The molecule has 0 nitrogen and oxygen atoms in total. The fourth-order valence-electron chi connectivity index (χ4n) is 4.75. The maximum atomic E-state index is 2.46. The Morgan fingerprint density at radius 3 is 1.91 bits per heavy atom. The minimum Gasteiger partial charge on any atom is -0.0651 e. The van der Waals surface area contributed by atoms with Crippen LogP contribution in [0, 0.1) is 0 Å². The number of rotatable bonds is 4. The fraction of sp³-hybridized carbons (Fsp3) is 0.375. The topological polar surface area (TPSA) is 0 Å². The molecule has 0 aromatic heterocycles. The lowest BCUT2D eigenvalue weighted by Crippen LogP contribution is -2.16. The number of aryl methyl sites for hydroxylation is 1. The third-order valence-electron chi connectivity index (χ3n) is 6.74. The Morgan fingerprint density at radius 2 is 1.34 bits per heavy atom. The van der Waals surface area contributed by atoms with Gasteiger partial charge in [-0.1, -0.05) is 116 Å². The van der Waals surface area contributed by atoms with Crippen molar-refractivity contribution < 1.29 is 0 Å². The van der Waals surface area contributed by atoms with Crippen molar-refractivity contribution in [2.24, 2.45) is 0 Å². The normalized spacial score (nSPS) is 13.8. The highest BCUT2D eigenvalue weighted by Gasteiger charge is 2.24. The third kappa shape index (κ3) is 4.46. The molecule has 166 valence electrons. The molecule has 1 aliphatic carbocycles. The molecule has 0 saturated carbocycles. The molecule has 0 spiro atoms. The summed E-state index contributed by atoms with van der Waals surface area (Å²) < 4.78 is 0. The Hall–Kier alpha value is -2.60. The van der Waals surface area contributed by atoms with Gasteiger partial charge in [0.05, 0.1) is 0 Å². The summed E-state index contributed by atoms with van der Waals surface area (Å²) in [4.78, 5) is 0. The first kappa shape index (κ1) is 22.6. The zero-order chi connectivity index (χ0) is 23.1. The van der Waals surface area contributed by atoms with E-state index in [1.165, 1.54) is 50.1 Å². The number of fused-ring (bicyclic) bond motifs is 1. The van der Waals surface area contributed by atoms with Crippen LogP contribution in [0.1, 0.15) is 88.3 Å². The standard InChI is InChI=1S/C32H38/c1-8-12-23-15-16-24-17-25(22-13-10-9-11-14-22)20-29(24)30(23)26-18-27(31(2,3)4)21-28(19-26)32(5,6)7/h9-11,13-16,18-21H,8,12,17H2,1-7H3. The highest BCUT2D eigenvalue weighted by atomic mass is 14.3. The zero-order valence-electron chi connectivity index (χ0n) is 21.0. The van der Waals surface area contributed by atoms with Gasteiger partial charge in [-0.25, -0.2) is 0 Å². The first-order valence-corrected chi connectivity index (χ1v) is 12.1. The van der Waals surface area contributed by atoms with Crippen molar-refractivity contribution in [2.45, 2.75) is 78.6 Å². The summed E-state index contributed by atoms with van der Waals surface area (Å²) in [6, 6.07) is 23.0. The Bertz CT molecular complexity index is 1110. The highest BCUT2D eigenvalue weighted by molar-refractivity contribution is 5.95.